The zero-order valence-electron chi connectivity index (χ0n) is 12.0. The van der Waals surface area contributed by atoms with Gasteiger partial charge in [-0.15, -0.1) is 0 Å². The van der Waals surface area contributed by atoms with Gasteiger partial charge in [0.1, 0.15) is 0 Å². The van der Waals surface area contributed by atoms with Gasteiger partial charge in [0.25, 0.3) is 0 Å². The van der Waals surface area contributed by atoms with Crippen LogP contribution in [0.25, 0.3) is 0 Å². The van der Waals surface area contributed by atoms with Gasteiger partial charge < -0.3 is 14.8 Å². The summed E-state index contributed by atoms with van der Waals surface area (Å²) in [5.41, 5.74) is 1.41. The molecule has 3 heteroatoms. The fourth-order valence-electron chi connectivity index (χ4n) is 2.93. The van der Waals surface area contributed by atoms with E-state index in [4.69, 9.17) is 0 Å². The van der Waals surface area contributed by atoms with Gasteiger partial charge >= 0.3 is 0 Å². The first kappa shape index (κ1) is 13.6. The molecule has 1 atom stereocenters. The summed E-state index contributed by atoms with van der Waals surface area (Å²) in [5, 5.41) is 3.40. The summed E-state index contributed by atoms with van der Waals surface area (Å²) < 4.78 is 2.33. The molecule has 1 unspecified atom stereocenters. The summed E-state index contributed by atoms with van der Waals surface area (Å²) in [5.74, 6) is 0.629. The Morgan fingerprint density at radius 2 is 1.94 bits per heavy atom. The predicted molar refractivity (Wildman–Crippen MR) is 76.7 cm³/mol. The molecule has 1 N–H and O–H groups in total. The second kappa shape index (κ2) is 6.39. The predicted octanol–water partition coefficient (Wildman–Crippen LogP) is 2.50. The van der Waals surface area contributed by atoms with Gasteiger partial charge in [-0.2, -0.15) is 0 Å². The molecule has 1 fully saturated rings. The summed E-state index contributed by atoms with van der Waals surface area (Å²) in [6.07, 6.45) is 7.29. The molecule has 1 aromatic rings. The monoisotopic (exact) mass is 249 g/mol. The lowest BCUT2D eigenvalue weighted by molar-refractivity contribution is 0.322. The van der Waals surface area contributed by atoms with Crippen LogP contribution in [0.4, 0.5) is 0 Å². The van der Waals surface area contributed by atoms with Gasteiger partial charge in [0, 0.05) is 31.5 Å². The molecule has 1 aliphatic heterocycles. The van der Waals surface area contributed by atoms with Crippen LogP contribution in [0.1, 0.15) is 38.3 Å². The van der Waals surface area contributed by atoms with Crippen LogP contribution in [0.3, 0.4) is 0 Å². The first-order valence-electron chi connectivity index (χ1n) is 7.26. The molecular formula is C15H27N3. The number of nitrogens with zero attached hydrogens (tertiary/aromatic N) is 2. The third kappa shape index (κ3) is 3.36. The minimum atomic E-state index is 0.470. The van der Waals surface area contributed by atoms with Gasteiger partial charge in [-0.25, -0.2) is 0 Å². The van der Waals surface area contributed by atoms with Gasteiger partial charge in [0.05, 0.1) is 0 Å². The van der Waals surface area contributed by atoms with Crippen molar-refractivity contribution in [3.05, 3.63) is 24.0 Å². The Labute approximate surface area is 111 Å². The van der Waals surface area contributed by atoms with Crippen molar-refractivity contribution in [2.45, 2.75) is 39.3 Å². The highest BCUT2D eigenvalue weighted by molar-refractivity contribution is 5.16. The molecule has 0 amide bonds. The Balaban J connectivity index is 1.88. The third-order valence-corrected chi connectivity index (χ3v) is 3.98. The molecule has 2 rings (SSSR count). The van der Waals surface area contributed by atoms with Crippen molar-refractivity contribution >= 4 is 0 Å². The average Bonchev–Trinajstić information content (AvgIpc) is 2.97. The molecule has 102 valence electrons. The van der Waals surface area contributed by atoms with Gasteiger partial charge in [0.2, 0.25) is 0 Å². The SMILES string of the molecule is CNC(c1ccn(CCN2CCCC2)c1)C(C)C. The smallest absolute Gasteiger partial charge is 0.0355 e. The minimum absolute atomic E-state index is 0.470. The van der Waals surface area contributed by atoms with E-state index in [0.29, 0.717) is 12.0 Å². The minimum Gasteiger partial charge on any atom is -0.353 e. The van der Waals surface area contributed by atoms with Crippen LogP contribution < -0.4 is 5.32 Å². The number of likely N-dealkylation sites (tertiary alicyclic amines) is 1. The number of hydrogen-bond acceptors (Lipinski definition) is 2. The van der Waals surface area contributed by atoms with E-state index in [1.807, 2.05) is 7.05 Å². The first-order valence-corrected chi connectivity index (χ1v) is 7.26. The second-order valence-corrected chi connectivity index (χ2v) is 5.74. The molecule has 1 aliphatic rings. The number of rotatable bonds is 6. The second-order valence-electron chi connectivity index (χ2n) is 5.74. The van der Waals surface area contributed by atoms with E-state index in [1.54, 1.807) is 0 Å². The summed E-state index contributed by atoms with van der Waals surface area (Å²) >= 11 is 0. The summed E-state index contributed by atoms with van der Waals surface area (Å²) in [4.78, 5) is 2.57. The van der Waals surface area contributed by atoms with Crippen LogP contribution in [0.2, 0.25) is 0 Å². The van der Waals surface area contributed by atoms with Crippen LogP contribution in [0, 0.1) is 5.92 Å². The molecule has 18 heavy (non-hydrogen) atoms. The molecule has 3 nitrogen and oxygen atoms in total. The van der Waals surface area contributed by atoms with E-state index in [-0.39, 0.29) is 0 Å². The Hall–Kier alpha value is -0.800. The van der Waals surface area contributed by atoms with Gasteiger partial charge in [-0.3, -0.25) is 0 Å². The van der Waals surface area contributed by atoms with Crippen molar-refractivity contribution in [3.63, 3.8) is 0 Å². The maximum Gasteiger partial charge on any atom is 0.0355 e. The number of hydrogen-bond donors (Lipinski definition) is 1. The van der Waals surface area contributed by atoms with Crippen molar-refractivity contribution < 1.29 is 0 Å². The number of nitrogens with one attached hydrogen (secondary N) is 1. The van der Waals surface area contributed by atoms with E-state index in [9.17, 15) is 0 Å². The molecule has 0 spiro atoms. The first-order chi connectivity index (χ1) is 8.70. The van der Waals surface area contributed by atoms with Crippen LogP contribution >= 0.6 is 0 Å². The largest absolute Gasteiger partial charge is 0.353 e. The molecule has 1 saturated heterocycles. The van der Waals surface area contributed by atoms with Crippen molar-refractivity contribution in [1.29, 1.82) is 0 Å². The highest BCUT2D eigenvalue weighted by atomic mass is 15.2. The highest BCUT2D eigenvalue weighted by Crippen LogP contribution is 2.21. The van der Waals surface area contributed by atoms with Crippen molar-refractivity contribution in [3.8, 4) is 0 Å². The van der Waals surface area contributed by atoms with E-state index >= 15 is 0 Å². The molecule has 0 saturated carbocycles. The summed E-state index contributed by atoms with van der Waals surface area (Å²) in [6.45, 7) is 9.43. The van der Waals surface area contributed by atoms with Gasteiger partial charge in [0.15, 0.2) is 0 Å². The van der Waals surface area contributed by atoms with Crippen LogP contribution in [-0.2, 0) is 6.54 Å². The van der Waals surface area contributed by atoms with Crippen molar-refractivity contribution in [2.24, 2.45) is 5.92 Å². The molecule has 2 heterocycles. The molecule has 0 aliphatic carbocycles. The average molecular weight is 249 g/mol. The fraction of sp³-hybridized carbons (Fsp3) is 0.733. The maximum absolute atomic E-state index is 3.40. The molecular weight excluding hydrogens is 222 g/mol. The lowest BCUT2D eigenvalue weighted by Crippen LogP contribution is -2.24. The quantitative estimate of drug-likeness (QED) is 0.836. The summed E-state index contributed by atoms with van der Waals surface area (Å²) in [7, 11) is 2.05. The van der Waals surface area contributed by atoms with Crippen molar-refractivity contribution in [2.75, 3.05) is 26.7 Å². The third-order valence-electron chi connectivity index (χ3n) is 3.98. The molecule has 0 radical (unpaired) electrons. The van der Waals surface area contributed by atoms with Crippen LogP contribution in [-0.4, -0.2) is 36.1 Å². The maximum atomic E-state index is 3.40. The van der Waals surface area contributed by atoms with Crippen molar-refractivity contribution in [1.82, 2.24) is 14.8 Å². The normalized spacial score (nSPS) is 18.7. The van der Waals surface area contributed by atoms with E-state index in [0.717, 1.165) is 6.54 Å². The van der Waals surface area contributed by atoms with E-state index < -0.39 is 0 Å². The Morgan fingerprint density at radius 3 is 2.56 bits per heavy atom. The Bertz CT molecular complexity index is 350. The molecule has 1 aromatic heterocycles. The molecule has 0 aromatic carbocycles. The van der Waals surface area contributed by atoms with Crippen LogP contribution in [0.15, 0.2) is 18.5 Å². The zero-order chi connectivity index (χ0) is 13.0. The lowest BCUT2D eigenvalue weighted by atomic mass is 9.99. The topological polar surface area (TPSA) is 20.2 Å². The van der Waals surface area contributed by atoms with Gasteiger partial charge in [-0.1, -0.05) is 13.8 Å². The van der Waals surface area contributed by atoms with Gasteiger partial charge in [-0.05, 0) is 50.5 Å². The number of aromatic nitrogens is 1. The fourth-order valence-corrected chi connectivity index (χ4v) is 2.93. The summed E-state index contributed by atoms with van der Waals surface area (Å²) in [6, 6.07) is 2.73. The highest BCUT2D eigenvalue weighted by Gasteiger charge is 2.15. The van der Waals surface area contributed by atoms with E-state index in [2.05, 4.69) is 47.1 Å². The molecule has 0 bridgehead atoms. The van der Waals surface area contributed by atoms with E-state index in [1.165, 1.54) is 38.0 Å². The lowest BCUT2D eigenvalue weighted by Gasteiger charge is -2.19. The Morgan fingerprint density at radius 1 is 1.22 bits per heavy atom. The standard InChI is InChI=1S/C15H27N3/c1-13(2)15(16-3)14-6-9-18(12-14)11-10-17-7-4-5-8-17/h6,9,12-13,15-16H,4-5,7-8,10-11H2,1-3H3. The van der Waals surface area contributed by atoms with Crippen LogP contribution in [0.5, 0.6) is 0 Å². The zero-order valence-corrected chi connectivity index (χ0v) is 12.0. The Kier molecular flexibility index (Phi) is 4.84.